The van der Waals surface area contributed by atoms with Crippen LogP contribution in [-0.2, 0) is 0 Å². The van der Waals surface area contributed by atoms with Crippen molar-refractivity contribution in [3.05, 3.63) is 59.2 Å². The molecule has 4 heteroatoms. The number of ether oxygens (including phenoxy) is 1. The lowest BCUT2D eigenvalue weighted by atomic mass is 9.92. The SMILES string of the molecule is COc1ccc(NC(=S)N[C@H](c2ccc(C)cc2C)C(C)C)cc1. The standard InChI is InChI=1S/C20H26N2OS/c1-13(2)19(18-11-6-14(3)12-15(18)4)22-20(24)21-16-7-9-17(23-5)10-8-16/h6-13,19H,1-5H3,(H2,21,22,24)/t19-/m0/s1. The molecule has 0 spiro atoms. The van der Waals surface area contributed by atoms with E-state index in [1.54, 1.807) is 7.11 Å². The zero-order chi connectivity index (χ0) is 17.7. The molecule has 0 amide bonds. The van der Waals surface area contributed by atoms with E-state index in [-0.39, 0.29) is 6.04 Å². The molecule has 128 valence electrons. The van der Waals surface area contributed by atoms with Crippen LogP contribution in [0.25, 0.3) is 0 Å². The number of aryl methyl sites for hydroxylation is 2. The third-order valence-corrected chi connectivity index (χ3v) is 4.28. The summed E-state index contributed by atoms with van der Waals surface area (Å²) < 4.78 is 5.17. The first kappa shape index (κ1) is 18.3. The van der Waals surface area contributed by atoms with Crippen LogP contribution in [0.15, 0.2) is 42.5 Å². The molecule has 0 aromatic heterocycles. The largest absolute Gasteiger partial charge is 0.497 e. The predicted octanol–water partition coefficient (Wildman–Crippen LogP) is 5.00. The molecular weight excluding hydrogens is 316 g/mol. The molecule has 0 aliphatic carbocycles. The summed E-state index contributed by atoms with van der Waals surface area (Å²) >= 11 is 5.51. The maximum Gasteiger partial charge on any atom is 0.171 e. The van der Waals surface area contributed by atoms with E-state index in [4.69, 9.17) is 17.0 Å². The van der Waals surface area contributed by atoms with Crippen molar-refractivity contribution in [2.75, 3.05) is 12.4 Å². The van der Waals surface area contributed by atoms with Crippen molar-refractivity contribution in [3.63, 3.8) is 0 Å². The van der Waals surface area contributed by atoms with E-state index >= 15 is 0 Å². The van der Waals surface area contributed by atoms with Gasteiger partial charge in [-0.05, 0) is 67.4 Å². The fourth-order valence-electron chi connectivity index (χ4n) is 2.76. The van der Waals surface area contributed by atoms with Crippen LogP contribution in [0.1, 0.15) is 36.6 Å². The third-order valence-electron chi connectivity index (χ3n) is 4.06. The van der Waals surface area contributed by atoms with E-state index < -0.39 is 0 Å². The Morgan fingerprint density at radius 1 is 1.04 bits per heavy atom. The quantitative estimate of drug-likeness (QED) is 0.750. The second-order valence-electron chi connectivity index (χ2n) is 6.41. The zero-order valence-electron chi connectivity index (χ0n) is 15.0. The summed E-state index contributed by atoms with van der Waals surface area (Å²) in [4.78, 5) is 0. The predicted molar refractivity (Wildman–Crippen MR) is 106 cm³/mol. The van der Waals surface area contributed by atoms with Gasteiger partial charge in [0.2, 0.25) is 0 Å². The molecule has 0 aliphatic heterocycles. The van der Waals surface area contributed by atoms with Crippen LogP contribution in [0.4, 0.5) is 5.69 Å². The summed E-state index contributed by atoms with van der Waals surface area (Å²) in [6, 6.07) is 14.5. The van der Waals surface area contributed by atoms with E-state index in [0.29, 0.717) is 11.0 Å². The Labute approximate surface area is 150 Å². The lowest BCUT2D eigenvalue weighted by Gasteiger charge is -2.26. The van der Waals surface area contributed by atoms with Gasteiger partial charge in [0.05, 0.1) is 13.2 Å². The Hall–Kier alpha value is -2.07. The minimum absolute atomic E-state index is 0.170. The highest BCUT2D eigenvalue weighted by molar-refractivity contribution is 7.80. The Kier molecular flexibility index (Phi) is 6.21. The third kappa shape index (κ3) is 4.71. The molecular formula is C20H26N2OS. The van der Waals surface area contributed by atoms with E-state index in [2.05, 4.69) is 56.5 Å². The van der Waals surface area contributed by atoms with Crippen molar-refractivity contribution in [1.82, 2.24) is 5.32 Å². The Morgan fingerprint density at radius 2 is 1.71 bits per heavy atom. The van der Waals surface area contributed by atoms with Crippen molar-refractivity contribution < 1.29 is 4.74 Å². The van der Waals surface area contributed by atoms with Gasteiger partial charge in [0.1, 0.15) is 5.75 Å². The van der Waals surface area contributed by atoms with Gasteiger partial charge >= 0.3 is 0 Å². The van der Waals surface area contributed by atoms with Crippen molar-refractivity contribution in [2.24, 2.45) is 5.92 Å². The zero-order valence-corrected chi connectivity index (χ0v) is 15.8. The Morgan fingerprint density at radius 3 is 2.25 bits per heavy atom. The molecule has 2 aromatic carbocycles. The minimum Gasteiger partial charge on any atom is -0.497 e. The second kappa shape index (κ2) is 8.15. The molecule has 24 heavy (non-hydrogen) atoms. The molecule has 0 heterocycles. The lowest BCUT2D eigenvalue weighted by Crippen LogP contribution is -2.35. The first-order valence-corrected chi connectivity index (χ1v) is 8.60. The van der Waals surface area contributed by atoms with Crippen LogP contribution in [0, 0.1) is 19.8 Å². The fourth-order valence-corrected chi connectivity index (χ4v) is 3.01. The molecule has 0 unspecified atom stereocenters. The van der Waals surface area contributed by atoms with Crippen molar-refractivity contribution in [1.29, 1.82) is 0 Å². The van der Waals surface area contributed by atoms with Gasteiger partial charge in [0, 0.05) is 5.69 Å². The normalized spacial score (nSPS) is 11.9. The summed E-state index contributed by atoms with van der Waals surface area (Å²) in [5.74, 6) is 1.25. The highest BCUT2D eigenvalue weighted by Crippen LogP contribution is 2.26. The lowest BCUT2D eigenvalue weighted by molar-refractivity contribution is 0.415. The van der Waals surface area contributed by atoms with Crippen LogP contribution in [0.2, 0.25) is 0 Å². The number of nitrogens with one attached hydrogen (secondary N) is 2. The number of anilines is 1. The maximum absolute atomic E-state index is 5.51. The maximum atomic E-state index is 5.51. The van der Waals surface area contributed by atoms with Crippen molar-refractivity contribution in [3.8, 4) is 5.75 Å². The van der Waals surface area contributed by atoms with Gasteiger partial charge in [-0.15, -0.1) is 0 Å². The van der Waals surface area contributed by atoms with Crippen molar-refractivity contribution >= 4 is 23.0 Å². The summed E-state index contributed by atoms with van der Waals surface area (Å²) in [7, 11) is 1.66. The molecule has 2 rings (SSSR count). The van der Waals surface area contributed by atoms with Crippen molar-refractivity contribution in [2.45, 2.75) is 33.7 Å². The summed E-state index contributed by atoms with van der Waals surface area (Å²) in [5.41, 5.74) is 4.79. The number of hydrogen-bond donors (Lipinski definition) is 2. The fraction of sp³-hybridized carbons (Fsp3) is 0.350. The number of benzene rings is 2. The van der Waals surface area contributed by atoms with Crippen LogP contribution < -0.4 is 15.4 Å². The van der Waals surface area contributed by atoms with E-state index in [1.807, 2.05) is 24.3 Å². The molecule has 2 aromatic rings. The summed E-state index contributed by atoms with van der Waals surface area (Å²) in [6.07, 6.45) is 0. The van der Waals surface area contributed by atoms with Gasteiger partial charge in [-0.2, -0.15) is 0 Å². The minimum atomic E-state index is 0.170. The number of hydrogen-bond acceptors (Lipinski definition) is 2. The number of rotatable bonds is 5. The second-order valence-corrected chi connectivity index (χ2v) is 6.82. The highest BCUT2D eigenvalue weighted by Gasteiger charge is 2.18. The molecule has 2 N–H and O–H groups in total. The molecule has 0 bridgehead atoms. The molecule has 1 atom stereocenters. The Balaban J connectivity index is 2.10. The van der Waals surface area contributed by atoms with E-state index in [1.165, 1.54) is 16.7 Å². The molecule has 0 radical (unpaired) electrons. The van der Waals surface area contributed by atoms with Gasteiger partial charge in [-0.3, -0.25) is 0 Å². The van der Waals surface area contributed by atoms with Gasteiger partial charge in [0.25, 0.3) is 0 Å². The average molecular weight is 343 g/mol. The molecule has 0 fully saturated rings. The van der Waals surface area contributed by atoms with Crippen LogP contribution in [0.5, 0.6) is 5.75 Å². The highest BCUT2D eigenvalue weighted by atomic mass is 32.1. The molecule has 3 nitrogen and oxygen atoms in total. The van der Waals surface area contributed by atoms with Crippen LogP contribution >= 0.6 is 12.2 Å². The topological polar surface area (TPSA) is 33.3 Å². The molecule has 0 aliphatic rings. The van der Waals surface area contributed by atoms with E-state index in [9.17, 15) is 0 Å². The smallest absolute Gasteiger partial charge is 0.171 e. The molecule has 0 saturated carbocycles. The summed E-state index contributed by atoms with van der Waals surface area (Å²) in [5, 5.41) is 7.33. The van der Waals surface area contributed by atoms with Crippen LogP contribution in [-0.4, -0.2) is 12.2 Å². The van der Waals surface area contributed by atoms with Gasteiger partial charge in [-0.1, -0.05) is 37.6 Å². The van der Waals surface area contributed by atoms with Gasteiger partial charge < -0.3 is 15.4 Å². The van der Waals surface area contributed by atoms with Gasteiger partial charge in [-0.25, -0.2) is 0 Å². The number of thiocarbonyl (C=S) groups is 1. The van der Waals surface area contributed by atoms with Crippen LogP contribution in [0.3, 0.4) is 0 Å². The van der Waals surface area contributed by atoms with Gasteiger partial charge in [0.15, 0.2) is 5.11 Å². The molecule has 0 saturated heterocycles. The Bertz CT molecular complexity index is 695. The van der Waals surface area contributed by atoms with E-state index in [0.717, 1.165) is 11.4 Å². The summed E-state index contributed by atoms with van der Waals surface area (Å²) in [6.45, 7) is 8.67. The number of methoxy groups -OCH3 is 1. The average Bonchev–Trinajstić information content (AvgIpc) is 2.54. The first-order valence-electron chi connectivity index (χ1n) is 8.19. The monoisotopic (exact) mass is 342 g/mol. The first-order chi connectivity index (χ1) is 11.4.